The number of carbonyl (C=O) groups is 3. The first kappa shape index (κ1) is 49.4. The third-order valence-electron chi connectivity index (χ3n) is 15.1. The maximum absolute atomic E-state index is 13.7. The van der Waals surface area contributed by atoms with E-state index in [9.17, 15) is 19.5 Å². The van der Waals surface area contributed by atoms with Gasteiger partial charge in [-0.25, -0.2) is 0 Å². The number of fused-ring (bicyclic) bond motifs is 8. The number of ether oxygens (including phenoxy) is 2. The molecule has 3 aliphatic heterocycles. The maximum Gasteiger partial charge on any atom is 0.320 e. The van der Waals surface area contributed by atoms with Gasteiger partial charge in [-0.05, 0) is 111 Å². The topological polar surface area (TPSA) is 146 Å². The van der Waals surface area contributed by atoms with Crippen LogP contribution in [0, 0.1) is 61.2 Å². The number of rotatable bonds is 21. The second-order valence-corrected chi connectivity index (χ2v) is 20.2. The summed E-state index contributed by atoms with van der Waals surface area (Å²) in [6.45, 7) is 24.1. The van der Waals surface area contributed by atoms with Gasteiger partial charge in [-0.3, -0.25) is 9.59 Å². The standard InChI is InChI=1S/C55H78N4O6/c1-12-38-35(8)42-27-43-36(9)40(23-24-48(61)65-26-25-34(7)22-16-21-33(6)20-15-19-32(5)18-14-17-31(3)4)52(58-43)50-51(55(63)64-11)54(62)49-37(10)44(59-53(49)50)28-46-39(13-2)41(30-60)47(57-46)29-45(38)56-42/h12,25,27-33,36,39-41,51-52,56-59,62H,1,13-24,26H2,2-11H3/b34-25+,43-27-,46-28-,47-29+/t32-,33+,36+,39?,40+,41?,51-,52?/m1/s1. The average molecular weight is 891 g/mol. The summed E-state index contributed by atoms with van der Waals surface area (Å²) in [6.07, 6.45) is 23.8. The number of allylic oxidation sites excluding steroid dienone is 4. The Morgan fingerprint density at radius 2 is 1.52 bits per heavy atom. The van der Waals surface area contributed by atoms with Crippen molar-refractivity contribution in [3.63, 3.8) is 0 Å². The minimum absolute atomic E-state index is 0.0567. The largest absolute Gasteiger partial charge is 0.510 e. The molecule has 8 bridgehead atoms. The Morgan fingerprint density at radius 1 is 0.877 bits per heavy atom. The maximum atomic E-state index is 13.7. The number of carbonyl (C=O) groups excluding carboxylic acids is 3. The molecule has 3 unspecified atom stereocenters. The summed E-state index contributed by atoms with van der Waals surface area (Å²) in [5.74, 6) is -0.251. The van der Waals surface area contributed by atoms with E-state index in [1.165, 1.54) is 57.6 Å². The molecule has 1 aliphatic carbocycles. The van der Waals surface area contributed by atoms with Gasteiger partial charge in [0.05, 0.1) is 24.4 Å². The van der Waals surface area contributed by atoms with Gasteiger partial charge in [0, 0.05) is 63.2 Å². The fourth-order valence-electron chi connectivity index (χ4n) is 11.0. The van der Waals surface area contributed by atoms with Crippen LogP contribution >= 0.6 is 0 Å². The number of aromatic nitrogens is 2. The van der Waals surface area contributed by atoms with Gasteiger partial charge >= 0.3 is 11.9 Å². The fraction of sp³-hybridized carbons (Fsp3) is 0.582. The van der Waals surface area contributed by atoms with E-state index in [1.807, 2.05) is 31.2 Å². The lowest BCUT2D eigenvalue weighted by Gasteiger charge is -2.26. The number of nitrogens with one attached hydrogen (secondary N) is 4. The van der Waals surface area contributed by atoms with E-state index in [0.29, 0.717) is 22.6 Å². The number of aliphatic hydroxyl groups is 1. The van der Waals surface area contributed by atoms with Crippen molar-refractivity contribution < 1.29 is 29.0 Å². The van der Waals surface area contributed by atoms with Crippen molar-refractivity contribution in [3.8, 4) is 0 Å². The number of aliphatic hydroxyl groups excluding tert-OH is 1. The van der Waals surface area contributed by atoms with Crippen LogP contribution in [0.3, 0.4) is 0 Å². The van der Waals surface area contributed by atoms with Gasteiger partial charge in [-0.15, -0.1) is 0 Å². The smallest absolute Gasteiger partial charge is 0.320 e. The third kappa shape index (κ3) is 11.0. The molecule has 354 valence electrons. The molecule has 0 radical (unpaired) electrons. The van der Waals surface area contributed by atoms with Gasteiger partial charge in [0.25, 0.3) is 0 Å². The van der Waals surface area contributed by atoms with Gasteiger partial charge in [-0.2, -0.15) is 0 Å². The Labute approximate surface area is 388 Å². The molecule has 4 aliphatic rings. The van der Waals surface area contributed by atoms with Gasteiger partial charge < -0.3 is 40.0 Å². The van der Waals surface area contributed by atoms with Crippen molar-refractivity contribution in [2.24, 2.45) is 47.3 Å². The molecule has 2 aromatic rings. The summed E-state index contributed by atoms with van der Waals surface area (Å²) in [5.41, 5.74) is 9.82. The highest BCUT2D eigenvalue weighted by molar-refractivity contribution is 5.96. The first-order chi connectivity index (χ1) is 31.1. The summed E-state index contributed by atoms with van der Waals surface area (Å²) in [6, 6.07) is -0.432. The molecule has 2 saturated heterocycles. The molecule has 10 nitrogen and oxygen atoms in total. The van der Waals surface area contributed by atoms with Crippen LogP contribution in [-0.2, 0) is 23.9 Å². The fourth-order valence-corrected chi connectivity index (χ4v) is 11.0. The average Bonchev–Trinajstić information content (AvgIpc) is 4.02. The lowest BCUT2D eigenvalue weighted by atomic mass is 9.80. The highest BCUT2D eigenvalue weighted by Gasteiger charge is 2.47. The van der Waals surface area contributed by atoms with E-state index in [4.69, 9.17) is 9.47 Å². The lowest BCUT2D eigenvalue weighted by molar-refractivity contribution is -0.143. The van der Waals surface area contributed by atoms with Crippen LogP contribution in [0.5, 0.6) is 0 Å². The van der Waals surface area contributed by atoms with Crippen LogP contribution in [-0.4, -0.2) is 53.1 Å². The summed E-state index contributed by atoms with van der Waals surface area (Å²) in [5, 5.41) is 20.6. The third-order valence-corrected chi connectivity index (χ3v) is 15.1. The number of aromatic amines is 2. The monoisotopic (exact) mass is 891 g/mol. The molecule has 65 heavy (non-hydrogen) atoms. The zero-order chi connectivity index (χ0) is 47.1. The van der Waals surface area contributed by atoms with Gasteiger partial charge in [0.15, 0.2) is 0 Å². The first-order valence-electron chi connectivity index (χ1n) is 24.7. The second-order valence-electron chi connectivity index (χ2n) is 20.2. The molecule has 5 heterocycles. The van der Waals surface area contributed by atoms with E-state index in [1.54, 1.807) is 0 Å². The molecule has 2 aromatic heterocycles. The highest BCUT2D eigenvalue weighted by Crippen LogP contribution is 2.43. The molecule has 10 heteroatoms. The second kappa shape index (κ2) is 22.0. The Hall–Kier alpha value is -4.99. The van der Waals surface area contributed by atoms with Crippen LogP contribution < -0.4 is 21.2 Å². The van der Waals surface area contributed by atoms with Crippen molar-refractivity contribution in [2.75, 3.05) is 13.7 Å². The molecular weight excluding hydrogens is 813 g/mol. The summed E-state index contributed by atoms with van der Waals surface area (Å²) in [4.78, 5) is 47.0. The number of H-pyrrole nitrogens is 2. The Morgan fingerprint density at radius 3 is 2.17 bits per heavy atom. The zero-order valence-electron chi connectivity index (χ0n) is 41.0. The summed E-state index contributed by atoms with van der Waals surface area (Å²) < 4.78 is 11.2. The predicted molar refractivity (Wildman–Crippen MR) is 264 cm³/mol. The molecule has 0 amide bonds. The van der Waals surface area contributed by atoms with Crippen LogP contribution in [0.2, 0.25) is 0 Å². The van der Waals surface area contributed by atoms with Crippen LogP contribution in [0.1, 0.15) is 159 Å². The first-order valence-corrected chi connectivity index (χ1v) is 24.7. The van der Waals surface area contributed by atoms with Crippen LogP contribution in [0.15, 0.2) is 35.3 Å². The molecule has 8 atom stereocenters. The normalized spacial score (nSPS) is 25.8. The van der Waals surface area contributed by atoms with Gasteiger partial charge in [0.1, 0.15) is 24.6 Å². The van der Waals surface area contributed by atoms with Crippen molar-refractivity contribution in [3.05, 3.63) is 79.7 Å². The highest BCUT2D eigenvalue weighted by atomic mass is 16.5. The molecule has 6 rings (SSSR count). The molecule has 0 aromatic carbocycles. The van der Waals surface area contributed by atoms with Crippen molar-refractivity contribution >= 4 is 53.9 Å². The van der Waals surface area contributed by atoms with E-state index >= 15 is 0 Å². The zero-order valence-corrected chi connectivity index (χ0v) is 41.0. The molecule has 0 spiro atoms. The van der Waals surface area contributed by atoms with E-state index in [-0.39, 0.29) is 48.4 Å². The molecular formula is C55H78N4O6. The molecule has 5 N–H and O–H groups in total. The van der Waals surface area contributed by atoms with Crippen LogP contribution in [0.25, 0.3) is 35.6 Å². The Bertz CT molecular complexity index is 2340. The minimum Gasteiger partial charge on any atom is -0.510 e. The Balaban J connectivity index is 1.21. The number of hydrogen-bond acceptors (Lipinski definition) is 8. The van der Waals surface area contributed by atoms with Crippen molar-refractivity contribution in [2.45, 2.75) is 145 Å². The van der Waals surface area contributed by atoms with Crippen molar-refractivity contribution in [1.82, 2.24) is 20.6 Å². The van der Waals surface area contributed by atoms with Gasteiger partial charge in [0.2, 0.25) is 0 Å². The summed E-state index contributed by atoms with van der Waals surface area (Å²) in [7, 11) is 1.34. The quantitative estimate of drug-likeness (QED) is 0.0473. The van der Waals surface area contributed by atoms with E-state index in [2.05, 4.69) is 88.6 Å². The number of methoxy groups -OCH3 is 1. The minimum atomic E-state index is -1.03. The molecule has 0 saturated carbocycles. The summed E-state index contributed by atoms with van der Waals surface area (Å²) >= 11 is 0. The predicted octanol–water partition coefficient (Wildman–Crippen LogP) is 10.3. The number of hydrogen-bond donors (Lipinski definition) is 5. The SMILES string of the molecule is C=Cc1c2[nH]c(c1C)/C=C1\NC(C3=c4[nH]c(c(C)c4=C(O)[C@@H]3C(=O)OC)/C=C3\N/C(=C/2)C(C=O)C3CC)[C@@H](CCC(=O)OC/C=C(\C)CCC[C@@H](C)CCC[C@H](C)CCCC(C)C)[C@@H]1C. The lowest BCUT2D eigenvalue weighted by Crippen LogP contribution is -2.38. The van der Waals surface area contributed by atoms with Crippen LogP contribution in [0.4, 0.5) is 0 Å². The number of esters is 2. The van der Waals surface area contributed by atoms with E-state index in [0.717, 1.165) is 94.2 Å². The van der Waals surface area contributed by atoms with Gasteiger partial charge in [-0.1, -0.05) is 105 Å². The van der Waals surface area contributed by atoms with Crippen molar-refractivity contribution in [1.29, 1.82) is 0 Å². The Kier molecular flexibility index (Phi) is 16.7. The molecule has 2 fully saturated rings. The van der Waals surface area contributed by atoms with E-state index < -0.39 is 17.9 Å². The number of aldehydes is 1.